The van der Waals surface area contributed by atoms with Gasteiger partial charge in [-0.05, 0) is 53.9 Å². The number of hydrogen-bond donors (Lipinski definition) is 2. The van der Waals surface area contributed by atoms with E-state index in [1.807, 2.05) is 0 Å². The number of carbonyl (C=O) groups excluding carboxylic acids is 3. The van der Waals surface area contributed by atoms with Crippen LogP contribution in [0.5, 0.6) is 0 Å². The highest BCUT2D eigenvalue weighted by molar-refractivity contribution is 7.46. The molecule has 1 heterocycles. The van der Waals surface area contributed by atoms with Crippen molar-refractivity contribution in [2.24, 2.45) is 5.92 Å². The summed E-state index contributed by atoms with van der Waals surface area (Å²) in [7, 11) is -5.39. The average Bonchev–Trinajstić information content (AvgIpc) is 3.17. The van der Waals surface area contributed by atoms with Gasteiger partial charge in [-0.3, -0.25) is 4.52 Å². The predicted octanol–water partition coefficient (Wildman–Crippen LogP) is 6.60. The molecule has 0 spiro atoms. The molecule has 0 bridgehead atoms. The summed E-state index contributed by atoms with van der Waals surface area (Å²) in [6, 6.07) is 42.0. The fourth-order valence-corrected chi connectivity index (χ4v) is 7.03. The van der Waals surface area contributed by atoms with Crippen LogP contribution in [0.15, 0.2) is 152 Å². The van der Waals surface area contributed by atoms with Gasteiger partial charge in [0, 0.05) is 6.42 Å². The fraction of sp³-hybridized carbons (Fsp3) is 0.195. The Balaban J connectivity index is 1.52. The lowest BCUT2D eigenvalue weighted by Crippen LogP contribution is -2.66. The lowest BCUT2D eigenvalue weighted by molar-refractivity contribution is -0.324. The van der Waals surface area contributed by atoms with Crippen LogP contribution in [0.1, 0.15) is 42.2 Å². The van der Waals surface area contributed by atoms with Gasteiger partial charge < -0.3 is 28.7 Å². The summed E-state index contributed by atoms with van der Waals surface area (Å²) in [5.74, 6) is -5.81. The summed E-state index contributed by atoms with van der Waals surface area (Å²) in [4.78, 5) is 61.9. The quantitative estimate of drug-likeness (QED) is 0.0763. The number of benzene rings is 5. The molecule has 2 N–H and O–H groups in total. The van der Waals surface area contributed by atoms with Crippen LogP contribution in [0.25, 0.3) is 0 Å². The van der Waals surface area contributed by atoms with E-state index in [-0.39, 0.29) is 29.5 Å². The van der Waals surface area contributed by atoms with Crippen LogP contribution in [-0.4, -0.2) is 58.4 Å². The Hall–Kier alpha value is -5.42. The Morgan fingerprint density at radius 2 is 1.00 bits per heavy atom. The molecule has 1 aliphatic heterocycles. The van der Waals surface area contributed by atoms with Crippen LogP contribution < -0.4 is 0 Å². The molecule has 1 fully saturated rings. The van der Waals surface area contributed by atoms with E-state index in [1.165, 1.54) is 0 Å². The molecule has 5 aromatic rings. The fourth-order valence-electron chi connectivity index (χ4n) is 6.39. The van der Waals surface area contributed by atoms with Crippen LogP contribution in [0, 0.1) is 5.92 Å². The first-order valence-corrected chi connectivity index (χ1v) is 18.4. The van der Waals surface area contributed by atoms with Gasteiger partial charge in [-0.2, -0.15) is 0 Å². The lowest BCUT2D eigenvalue weighted by Gasteiger charge is -2.52. The van der Waals surface area contributed by atoms with Crippen molar-refractivity contribution in [3.63, 3.8) is 0 Å². The van der Waals surface area contributed by atoms with Gasteiger partial charge in [0.15, 0.2) is 11.9 Å². The first-order chi connectivity index (χ1) is 25.6. The molecule has 5 atom stereocenters. The second kappa shape index (κ2) is 16.9. The van der Waals surface area contributed by atoms with E-state index in [9.17, 15) is 28.7 Å². The van der Waals surface area contributed by atoms with Gasteiger partial charge in [-0.25, -0.2) is 18.9 Å². The molecule has 0 saturated carbocycles. The summed E-state index contributed by atoms with van der Waals surface area (Å²) in [5.41, 5.74) is 1.80. The summed E-state index contributed by atoms with van der Waals surface area (Å²) >= 11 is 0. The van der Waals surface area contributed by atoms with Crippen LogP contribution in [0.3, 0.4) is 0 Å². The van der Waals surface area contributed by atoms with Gasteiger partial charge in [-0.15, -0.1) is 0 Å². The lowest BCUT2D eigenvalue weighted by atomic mass is 9.77. The maximum atomic E-state index is 13.9. The molecule has 6 rings (SSSR count). The van der Waals surface area contributed by atoms with Crippen molar-refractivity contribution in [2.75, 3.05) is 6.61 Å². The van der Waals surface area contributed by atoms with Crippen molar-refractivity contribution in [1.82, 2.24) is 0 Å². The predicted molar refractivity (Wildman–Crippen MR) is 193 cm³/mol. The summed E-state index contributed by atoms with van der Waals surface area (Å²) in [6.45, 7) is -0.584. The normalized spacial score (nSPS) is 21.2. The topological polar surface area (TPSA) is 155 Å². The Morgan fingerprint density at radius 3 is 1.47 bits per heavy atom. The molecule has 0 aromatic heterocycles. The minimum Gasteiger partial charge on any atom is -0.459 e. The van der Waals surface area contributed by atoms with E-state index in [1.54, 1.807) is 152 Å². The molecule has 0 radical (unpaired) electrons. The zero-order chi connectivity index (χ0) is 37.3. The summed E-state index contributed by atoms with van der Waals surface area (Å²) in [5, 5.41) is 0. The molecule has 0 aliphatic carbocycles. The zero-order valence-electron chi connectivity index (χ0n) is 28.4. The number of phosphoric ester groups is 1. The summed E-state index contributed by atoms with van der Waals surface area (Å²) < 4.78 is 43.4. The van der Waals surface area contributed by atoms with E-state index in [2.05, 4.69) is 0 Å². The second-order valence-electron chi connectivity index (χ2n) is 12.4. The van der Waals surface area contributed by atoms with E-state index in [0.29, 0.717) is 11.1 Å². The monoisotopic (exact) mass is 736 g/mol. The molecule has 11 nitrogen and oxygen atoms in total. The average molecular weight is 737 g/mol. The maximum Gasteiger partial charge on any atom is 0.472 e. The number of carbonyl (C=O) groups is 3. The smallest absolute Gasteiger partial charge is 0.459 e. The van der Waals surface area contributed by atoms with Crippen molar-refractivity contribution < 1.29 is 52.2 Å². The van der Waals surface area contributed by atoms with Crippen molar-refractivity contribution in [2.45, 2.75) is 36.9 Å². The molecule has 0 amide bonds. The number of ether oxygens (including phenoxy) is 4. The molecule has 5 aromatic carbocycles. The van der Waals surface area contributed by atoms with E-state index >= 15 is 0 Å². The van der Waals surface area contributed by atoms with Crippen molar-refractivity contribution in [3.05, 3.63) is 179 Å². The molecule has 272 valence electrons. The maximum absolute atomic E-state index is 13.9. The number of rotatable bonds is 13. The third-order valence-electron chi connectivity index (χ3n) is 8.76. The van der Waals surface area contributed by atoms with Crippen LogP contribution in [0.2, 0.25) is 0 Å². The molecular weight excluding hydrogens is 699 g/mol. The minimum atomic E-state index is -5.39. The SMILES string of the molecule is O=C(OC[C@H]1O[C@](Cc2ccccc2)(OP(=O)(O)O)[C@H](Cc2ccccc2)[C@@H](OC(=O)c2ccccc2)[C@@H]1OC(=O)c1ccccc1)c1ccccc1. The molecule has 1 aliphatic rings. The van der Waals surface area contributed by atoms with Gasteiger partial charge in [0.25, 0.3) is 0 Å². The zero-order valence-corrected chi connectivity index (χ0v) is 29.3. The highest BCUT2D eigenvalue weighted by Gasteiger charge is 2.61. The van der Waals surface area contributed by atoms with Crippen LogP contribution >= 0.6 is 7.82 Å². The standard InChI is InChI=1S/C41H37O11P/c42-38(31-20-10-3-11-21-31)48-28-35-37(50-40(44)33-24-14-5-15-25-33)36(49-39(43)32-22-12-4-13-23-32)34(26-29-16-6-1-7-17-29)41(51-35,52-53(45,46)47)27-30-18-8-2-9-19-30/h1-25,34-37H,26-28H2,(H2,45,46,47)/t34-,35-,36-,37-,41-/m1/s1. The molecule has 53 heavy (non-hydrogen) atoms. The van der Waals surface area contributed by atoms with Gasteiger partial charge in [0.05, 0.1) is 22.6 Å². The molecular formula is C41H37O11P. The molecule has 0 unspecified atom stereocenters. The van der Waals surface area contributed by atoms with Gasteiger partial charge >= 0.3 is 25.7 Å². The highest BCUT2D eigenvalue weighted by atomic mass is 31.2. The minimum absolute atomic E-state index is 0.0175. The van der Waals surface area contributed by atoms with Crippen molar-refractivity contribution in [1.29, 1.82) is 0 Å². The van der Waals surface area contributed by atoms with Crippen molar-refractivity contribution in [3.8, 4) is 0 Å². The highest BCUT2D eigenvalue weighted by Crippen LogP contribution is 2.51. The van der Waals surface area contributed by atoms with Gasteiger partial charge in [-0.1, -0.05) is 115 Å². The number of phosphoric acid groups is 1. The summed E-state index contributed by atoms with van der Waals surface area (Å²) in [6.07, 6.45) is -4.68. The first kappa shape index (κ1) is 37.3. The molecule has 12 heteroatoms. The van der Waals surface area contributed by atoms with E-state index < -0.39 is 62.4 Å². The van der Waals surface area contributed by atoms with Gasteiger partial charge in [0.2, 0.25) is 0 Å². The second-order valence-corrected chi connectivity index (χ2v) is 13.6. The van der Waals surface area contributed by atoms with E-state index in [0.717, 1.165) is 0 Å². The first-order valence-electron chi connectivity index (χ1n) is 16.9. The third kappa shape index (κ3) is 9.72. The Morgan fingerprint density at radius 1 is 0.585 bits per heavy atom. The Bertz CT molecular complexity index is 2010. The number of esters is 3. The largest absolute Gasteiger partial charge is 0.472 e. The Labute approximate surface area is 306 Å². The van der Waals surface area contributed by atoms with Crippen LogP contribution in [-0.2, 0) is 40.9 Å². The Kier molecular flexibility index (Phi) is 11.9. The van der Waals surface area contributed by atoms with Crippen LogP contribution in [0.4, 0.5) is 0 Å². The molecule has 1 saturated heterocycles. The van der Waals surface area contributed by atoms with Crippen molar-refractivity contribution >= 4 is 25.7 Å². The third-order valence-corrected chi connectivity index (χ3v) is 9.31. The number of hydrogen-bond acceptors (Lipinski definition) is 9. The van der Waals surface area contributed by atoms with E-state index in [4.69, 9.17) is 23.5 Å². The van der Waals surface area contributed by atoms with Gasteiger partial charge in [0.1, 0.15) is 18.8 Å².